The van der Waals surface area contributed by atoms with Crippen LogP contribution in [-0.4, -0.2) is 28.0 Å². The third kappa shape index (κ3) is 5.71. The first-order chi connectivity index (χ1) is 15.6. The van der Waals surface area contributed by atoms with Gasteiger partial charge in [0.25, 0.3) is 15.9 Å². The van der Waals surface area contributed by atoms with Gasteiger partial charge in [-0.2, -0.15) is 8.78 Å². The van der Waals surface area contributed by atoms with E-state index in [2.05, 4.69) is 14.8 Å². The molecular formula is C21H16F4N2O5S. The second-order valence-electron chi connectivity index (χ2n) is 6.43. The van der Waals surface area contributed by atoms with Crippen molar-refractivity contribution in [3.63, 3.8) is 0 Å². The van der Waals surface area contributed by atoms with Crippen LogP contribution in [0.25, 0.3) is 0 Å². The van der Waals surface area contributed by atoms with E-state index in [0.29, 0.717) is 12.1 Å². The number of benzene rings is 3. The summed E-state index contributed by atoms with van der Waals surface area (Å²) in [5.74, 6) is -3.79. The predicted octanol–water partition coefficient (Wildman–Crippen LogP) is 4.63. The van der Waals surface area contributed by atoms with Crippen molar-refractivity contribution in [3.05, 3.63) is 77.9 Å². The molecule has 33 heavy (non-hydrogen) atoms. The van der Waals surface area contributed by atoms with Crippen LogP contribution in [0.15, 0.2) is 65.6 Å². The van der Waals surface area contributed by atoms with E-state index in [1.54, 1.807) is 0 Å². The number of alkyl halides is 2. The van der Waals surface area contributed by atoms with Gasteiger partial charge in [-0.3, -0.25) is 9.52 Å². The number of ether oxygens (including phenoxy) is 2. The number of sulfonamides is 1. The van der Waals surface area contributed by atoms with Crippen molar-refractivity contribution >= 4 is 27.3 Å². The Labute approximate surface area is 186 Å². The summed E-state index contributed by atoms with van der Waals surface area (Å²) >= 11 is 0. The van der Waals surface area contributed by atoms with Gasteiger partial charge in [0, 0.05) is 11.4 Å². The van der Waals surface area contributed by atoms with Crippen molar-refractivity contribution in [2.24, 2.45) is 0 Å². The number of para-hydroxylation sites is 1. The molecule has 3 aromatic rings. The summed E-state index contributed by atoms with van der Waals surface area (Å²) in [6, 6.07) is 11.5. The molecule has 0 saturated heterocycles. The molecule has 0 bridgehead atoms. The third-order valence-corrected chi connectivity index (χ3v) is 5.63. The number of halogens is 4. The fourth-order valence-corrected chi connectivity index (χ4v) is 3.81. The highest BCUT2D eigenvalue weighted by molar-refractivity contribution is 7.92. The summed E-state index contributed by atoms with van der Waals surface area (Å²) in [6.45, 7) is -3.19. The summed E-state index contributed by atoms with van der Waals surface area (Å²) in [5, 5.41) is 2.47. The van der Waals surface area contributed by atoms with E-state index in [-0.39, 0.29) is 22.7 Å². The molecule has 0 radical (unpaired) electrons. The summed E-state index contributed by atoms with van der Waals surface area (Å²) in [5.41, 5.74) is 0.0696. The zero-order valence-corrected chi connectivity index (χ0v) is 17.6. The van der Waals surface area contributed by atoms with Gasteiger partial charge in [0.2, 0.25) is 0 Å². The molecule has 174 valence electrons. The molecule has 0 spiro atoms. The third-order valence-electron chi connectivity index (χ3n) is 4.25. The Morgan fingerprint density at radius 1 is 0.939 bits per heavy atom. The summed E-state index contributed by atoms with van der Waals surface area (Å²) < 4.78 is 88.1. The van der Waals surface area contributed by atoms with Crippen LogP contribution >= 0.6 is 0 Å². The van der Waals surface area contributed by atoms with Crippen molar-refractivity contribution in [2.75, 3.05) is 17.1 Å². The monoisotopic (exact) mass is 484 g/mol. The fourth-order valence-electron chi connectivity index (χ4n) is 2.74. The lowest BCUT2D eigenvalue weighted by molar-refractivity contribution is -0.0515. The summed E-state index contributed by atoms with van der Waals surface area (Å²) in [7, 11) is -2.97. The van der Waals surface area contributed by atoms with Crippen LogP contribution in [0.4, 0.5) is 28.9 Å². The van der Waals surface area contributed by atoms with E-state index in [0.717, 1.165) is 6.07 Å². The van der Waals surface area contributed by atoms with Crippen molar-refractivity contribution in [1.82, 2.24) is 0 Å². The standard InChI is InChI=1S/C21H16F4N2O5S/c1-31-18-4-2-3-15(19(18)32-21(24)25)20(28)26-12-5-7-13(8-6-12)27-33(29,30)14-9-10-16(22)17(23)11-14/h2-11,21,27H,1H3,(H,26,28). The number of anilines is 2. The number of nitrogens with one attached hydrogen (secondary N) is 2. The van der Waals surface area contributed by atoms with E-state index in [9.17, 15) is 30.8 Å². The largest absolute Gasteiger partial charge is 0.493 e. The molecule has 1 amide bonds. The molecule has 3 aromatic carbocycles. The van der Waals surface area contributed by atoms with Crippen LogP contribution in [0.5, 0.6) is 11.5 Å². The number of carbonyl (C=O) groups excluding carboxylic acids is 1. The number of hydrogen-bond donors (Lipinski definition) is 2. The van der Waals surface area contributed by atoms with Crippen molar-refractivity contribution < 1.29 is 40.2 Å². The lowest BCUT2D eigenvalue weighted by Gasteiger charge is -2.14. The highest BCUT2D eigenvalue weighted by Crippen LogP contribution is 2.33. The lowest BCUT2D eigenvalue weighted by Crippen LogP contribution is -2.16. The number of amides is 1. The molecule has 0 saturated carbocycles. The maximum Gasteiger partial charge on any atom is 0.387 e. The van der Waals surface area contributed by atoms with Gasteiger partial charge in [0.1, 0.15) is 0 Å². The average molecular weight is 484 g/mol. The van der Waals surface area contributed by atoms with Crippen LogP contribution < -0.4 is 19.5 Å². The minimum absolute atomic E-state index is 0.0649. The highest BCUT2D eigenvalue weighted by atomic mass is 32.2. The minimum Gasteiger partial charge on any atom is -0.493 e. The van der Waals surface area contributed by atoms with Crippen molar-refractivity contribution in [1.29, 1.82) is 0 Å². The Morgan fingerprint density at radius 3 is 2.21 bits per heavy atom. The Hall–Kier alpha value is -3.80. The second kappa shape index (κ2) is 9.77. The Kier molecular flexibility index (Phi) is 7.07. The highest BCUT2D eigenvalue weighted by Gasteiger charge is 2.21. The molecule has 2 N–H and O–H groups in total. The zero-order chi connectivity index (χ0) is 24.2. The number of carbonyl (C=O) groups is 1. The first kappa shape index (κ1) is 23.9. The van der Waals surface area contributed by atoms with E-state index >= 15 is 0 Å². The van der Waals surface area contributed by atoms with Crippen LogP contribution in [0, 0.1) is 11.6 Å². The molecular weight excluding hydrogens is 468 g/mol. The van der Waals surface area contributed by atoms with E-state index < -0.39 is 44.8 Å². The number of methoxy groups -OCH3 is 1. The van der Waals surface area contributed by atoms with Crippen LogP contribution in [0.2, 0.25) is 0 Å². The predicted molar refractivity (Wildman–Crippen MR) is 111 cm³/mol. The molecule has 0 aliphatic heterocycles. The van der Waals surface area contributed by atoms with E-state index in [1.807, 2.05) is 0 Å². The smallest absolute Gasteiger partial charge is 0.387 e. The first-order valence-corrected chi connectivity index (χ1v) is 10.6. The molecule has 0 unspecified atom stereocenters. The van der Waals surface area contributed by atoms with E-state index in [1.165, 1.54) is 49.6 Å². The summed E-state index contributed by atoms with van der Waals surface area (Å²) in [4.78, 5) is 12.1. The molecule has 0 aliphatic rings. The molecule has 0 heterocycles. The normalized spacial score (nSPS) is 11.2. The van der Waals surface area contributed by atoms with Gasteiger partial charge in [-0.25, -0.2) is 17.2 Å². The molecule has 3 rings (SSSR count). The van der Waals surface area contributed by atoms with Gasteiger partial charge in [-0.05, 0) is 54.6 Å². The van der Waals surface area contributed by atoms with E-state index in [4.69, 9.17) is 4.74 Å². The molecule has 0 fully saturated rings. The Balaban J connectivity index is 1.76. The second-order valence-corrected chi connectivity index (χ2v) is 8.11. The van der Waals surface area contributed by atoms with Gasteiger partial charge in [0.05, 0.1) is 17.6 Å². The molecule has 0 aliphatic carbocycles. The first-order valence-electron chi connectivity index (χ1n) is 9.12. The van der Waals surface area contributed by atoms with Gasteiger partial charge >= 0.3 is 6.61 Å². The minimum atomic E-state index is -4.20. The molecule has 7 nitrogen and oxygen atoms in total. The average Bonchev–Trinajstić information content (AvgIpc) is 2.76. The SMILES string of the molecule is COc1cccc(C(=O)Nc2ccc(NS(=O)(=O)c3ccc(F)c(F)c3)cc2)c1OC(F)F. The Bertz CT molecular complexity index is 1270. The molecule has 12 heteroatoms. The maximum atomic E-state index is 13.3. The van der Waals surface area contributed by atoms with Gasteiger partial charge in [0.15, 0.2) is 23.1 Å². The lowest BCUT2D eigenvalue weighted by atomic mass is 10.1. The topological polar surface area (TPSA) is 93.7 Å². The van der Waals surface area contributed by atoms with Gasteiger partial charge < -0.3 is 14.8 Å². The Morgan fingerprint density at radius 2 is 1.61 bits per heavy atom. The zero-order valence-electron chi connectivity index (χ0n) is 16.8. The van der Waals surface area contributed by atoms with Gasteiger partial charge in [-0.1, -0.05) is 6.07 Å². The van der Waals surface area contributed by atoms with Crippen LogP contribution in [0.1, 0.15) is 10.4 Å². The van der Waals surface area contributed by atoms with Gasteiger partial charge in [-0.15, -0.1) is 0 Å². The quantitative estimate of drug-likeness (QED) is 0.455. The van der Waals surface area contributed by atoms with Crippen molar-refractivity contribution in [2.45, 2.75) is 11.5 Å². The molecule has 0 aromatic heterocycles. The summed E-state index contributed by atoms with van der Waals surface area (Å²) in [6.07, 6.45) is 0. The fraction of sp³-hybridized carbons (Fsp3) is 0.0952. The number of rotatable bonds is 8. The van der Waals surface area contributed by atoms with Crippen LogP contribution in [0.3, 0.4) is 0 Å². The van der Waals surface area contributed by atoms with Crippen molar-refractivity contribution in [3.8, 4) is 11.5 Å². The maximum absolute atomic E-state index is 13.3. The van der Waals surface area contributed by atoms with Crippen LogP contribution in [-0.2, 0) is 10.0 Å². The number of hydrogen-bond acceptors (Lipinski definition) is 5. The molecule has 0 atom stereocenters.